The van der Waals surface area contributed by atoms with Crippen molar-refractivity contribution >= 4 is 112 Å². The van der Waals surface area contributed by atoms with Crippen LogP contribution in [-0.2, 0) is 86.7 Å². The van der Waals surface area contributed by atoms with E-state index < -0.39 is 120 Å². The number of ether oxygens (including phenoxy) is 2. The van der Waals surface area contributed by atoms with E-state index in [1.165, 1.54) is 35.9 Å². The van der Waals surface area contributed by atoms with Crippen LogP contribution in [-0.4, -0.2) is 205 Å². The van der Waals surface area contributed by atoms with E-state index in [1.807, 2.05) is 30.5 Å². The molecule has 1 aromatic heterocycles. The summed E-state index contributed by atoms with van der Waals surface area (Å²) >= 11 is 2.98. The number of phenols is 1. The quantitative estimate of drug-likeness (QED) is 0.0148. The third-order valence-corrected chi connectivity index (χ3v) is 18.4. The lowest BCUT2D eigenvalue weighted by Crippen LogP contribution is -2.61. The molecule has 100 heavy (non-hydrogen) atoms. The van der Waals surface area contributed by atoms with Crippen molar-refractivity contribution in [3.05, 3.63) is 95.2 Å². The molecule has 15 N–H and O–H groups in total. The topological polar surface area (TPSA) is 448 Å². The summed E-state index contributed by atoms with van der Waals surface area (Å²) in [6, 6.07) is 7.72. The molecule has 0 saturated carbocycles. The zero-order valence-electron chi connectivity index (χ0n) is 56.8. The number of hydrogen-bond donors (Lipinski definition) is 13. The maximum Gasteiger partial charge on any atom is 0.305 e. The zero-order valence-corrected chi connectivity index (χ0v) is 58.4. The molecule has 0 unspecified atom stereocenters. The first-order valence-corrected chi connectivity index (χ1v) is 35.9. The Morgan fingerprint density at radius 1 is 0.850 bits per heavy atom. The fourth-order valence-electron chi connectivity index (χ4n) is 11.3. The Kier molecular flexibility index (Phi) is 33.3. The Morgan fingerprint density at radius 2 is 1.56 bits per heavy atom. The molecule has 4 aromatic rings. The molecule has 9 atom stereocenters. The minimum atomic E-state index is -1.87. The Hall–Kier alpha value is -9.43. The second-order valence-corrected chi connectivity index (χ2v) is 26.3. The van der Waals surface area contributed by atoms with Gasteiger partial charge in [-0.05, 0) is 123 Å². The number of methoxy groups -OCH3 is 1. The number of carboxylic acid groups (broad SMARTS) is 1. The monoisotopic (exact) mass is 1430 g/mol. The molecular weight excluding hydrogens is 1330 g/mol. The number of aliphatic carboxylic acids is 1. The average Bonchev–Trinajstić information content (AvgIpc) is 1.60. The van der Waals surface area contributed by atoms with Crippen LogP contribution in [0.1, 0.15) is 107 Å². The fraction of sp³-hybridized carbons (Fsp3) is 0.515. The van der Waals surface area contributed by atoms with Gasteiger partial charge in [0.2, 0.25) is 47.3 Å². The number of aliphatic imine (C=N–C) groups is 1. The molecule has 1 fully saturated rings. The molecule has 6 rings (SSSR count). The Morgan fingerprint density at radius 3 is 2.28 bits per heavy atom. The summed E-state index contributed by atoms with van der Waals surface area (Å²) in [5, 5.41) is 45.8. The molecule has 0 aliphatic carbocycles. The largest absolute Gasteiger partial charge is 0.508 e. The molecule has 30 nitrogen and oxygen atoms in total. The molecule has 544 valence electrons. The van der Waals surface area contributed by atoms with Gasteiger partial charge in [0.25, 0.3) is 5.91 Å². The maximum absolute atomic E-state index is 15.1. The van der Waals surface area contributed by atoms with Gasteiger partial charge < -0.3 is 93.2 Å². The van der Waals surface area contributed by atoms with Gasteiger partial charge in [0, 0.05) is 74.0 Å². The number of amides is 9. The molecule has 3 heterocycles. The minimum Gasteiger partial charge on any atom is -0.508 e. The number of nitrogens with one attached hydrogen (secondary N) is 9. The SMILES string of the molecule is CC[C@H](C)[C@H](NC(=O)[C@H](CC(=O)O)NC(=O)[C@H](CCOC)NC(=O)[C@@H]1CCCN1C(=O)[C@@H]1CSCc2cc(CSC)cc(c2)OCCCCCCO/N=C/C(=O)N[C@@H](CCCN=C(N)N)C(=O)N1)C(=O)N[C@@H](Cc1c[nH]c2ccccc12)C(=O)N[C@@H](Cc1ccc(O)cc1)C(=O)NCC=O. The number of para-hydroxylation sites is 1. The number of fused-ring (bicyclic) bond motifs is 3. The number of hydrogen-bond acceptors (Lipinski definition) is 19. The number of aromatic amines is 1. The van der Waals surface area contributed by atoms with E-state index in [1.54, 1.807) is 62.1 Å². The zero-order chi connectivity index (χ0) is 72.5. The van der Waals surface area contributed by atoms with Gasteiger partial charge in [-0.3, -0.25) is 52.9 Å². The van der Waals surface area contributed by atoms with Crippen LogP contribution in [0.2, 0.25) is 0 Å². The van der Waals surface area contributed by atoms with Crippen LogP contribution >= 0.6 is 23.5 Å². The molecule has 0 spiro atoms. The predicted octanol–water partition coefficient (Wildman–Crippen LogP) is 1.72. The number of oxime groups is 1. The summed E-state index contributed by atoms with van der Waals surface area (Å²) in [5.41, 5.74) is 14.9. The van der Waals surface area contributed by atoms with Crippen LogP contribution in [0, 0.1) is 5.92 Å². The number of nitrogens with zero attached hydrogens (tertiary/aromatic N) is 3. The lowest BCUT2D eigenvalue weighted by Gasteiger charge is -2.31. The van der Waals surface area contributed by atoms with Gasteiger partial charge in [-0.1, -0.05) is 61.8 Å². The van der Waals surface area contributed by atoms with Crippen molar-refractivity contribution in [1.82, 2.24) is 52.4 Å². The number of H-pyrrole nitrogens is 1. The van der Waals surface area contributed by atoms with Gasteiger partial charge in [-0.15, -0.1) is 0 Å². The smallest absolute Gasteiger partial charge is 0.305 e. The first kappa shape index (κ1) is 79.6. The van der Waals surface area contributed by atoms with Gasteiger partial charge in [0.15, 0.2) is 5.96 Å². The highest BCUT2D eigenvalue weighted by molar-refractivity contribution is 7.98. The summed E-state index contributed by atoms with van der Waals surface area (Å²) in [6.07, 6.45) is 7.68. The van der Waals surface area contributed by atoms with Crippen molar-refractivity contribution in [1.29, 1.82) is 0 Å². The molecule has 32 heteroatoms. The van der Waals surface area contributed by atoms with Gasteiger partial charge in [-0.25, -0.2) is 0 Å². The Bertz CT molecular complexity index is 3480. The van der Waals surface area contributed by atoms with E-state index in [-0.39, 0.29) is 95.3 Å². The third-order valence-electron chi connectivity index (χ3n) is 16.7. The maximum atomic E-state index is 15.1. The summed E-state index contributed by atoms with van der Waals surface area (Å²) in [6.45, 7) is 3.73. The highest BCUT2D eigenvalue weighted by Crippen LogP contribution is 2.27. The molecule has 2 bridgehead atoms. The highest BCUT2D eigenvalue weighted by Gasteiger charge is 2.41. The molecule has 2 aliphatic rings. The molecular formula is C68H94N14O16S2. The number of carbonyl (C=O) groups excluding carboxylic acids is 10. The van der Waals surface area contributed by atoms with Crippen molar-refractivity contribution in [2.24, 2.45) is 27.5 Å². The first-order valence-electron chi connectivity index (χ1n) is 33.3. The van der Waals surface area contributed by atoms with E-state index in [0.717, 1.165) is 36.6 Å². The number of rotatable bonds is 31. The standard InChI is InChI=1S/C68H94N14O16S2/c1-5-41(2)59(66(94)79-53(34-45-36-73-49-15-9-8-14-48(45)49)63(91)77-52(60(88)71-24-26-83)33-42-18-20-46(84)21-19-42)81-64(92)54(35-58(86)87)78-62(90)51(22-29-96-3)76-65(93)56-17-13-25-82(56)67(95)55-40-100-39-44-30-43(38-99-4)31-47(32-44)97-27-10-6-7-11-28-98-74-37-57(85)75-50(61(89)80-55)16-12-23-72-68(69)70/h8-9,14-15,18-21,26,30-32,36-37,41,50-56,59,73,84H,5-7,10-13,16-17,22-25,27-29,33-35,38-40H2,1-4H3,(H,71,88)(H,75,85)(H,76,93)(H,77,91)(H,78,90)(H,79,94)(H,80,89)(H,81,92)(H,86,87)(H4,69,70,72)/b74-37+/t41-,50-,51-,52-,53-,54-,55-,56-,59-/m0/s1. The summed E-state index contributed by atoms with van der Waals surface area (Å²) in [4.78, 5) is 167. The van der Waals surface area contributed by atoms with Crippen molar-refractivity contribution in [2.45, 2.75) is 157 Å². The van der Waals surface area contributed by atoms with Crippen molar-refractivity contribution < 1.29 is 77.3 Å². The number of likely N-dealkylation sites (tertiary alicyclic amines) is 1. The van der Waals surface area contributed by atoms with E-state index >= 15 is 4.79 Å². The molecule has 0 radical (unpaired) electrons. The lowest BCUT2D eigenvalue weighted by atomic mass is 9.96. The fourth-order valence-corrected chi connectivity index (χ4v) is 12.8. The lowest BCUT2D eigenvalue weighted by molar-refractivity contribution is -0.143. The minimum absolute atomic E-state index is 0.0114. The summed E-state index contributed by atoms with van der Waals surface area (Å²) in [5.74, 6) is -8.20. The predicted molar refractivity (Wildman–Crippen MR) is 377 cm³/mol. The van der Waals surface area contributed by atoms with Crippen LogP contribution in [0.4, 0.5) is 0 Å². The van der Waals surface area contributed by atoms with E-state index in [2.05, 4.69) is 57.7 Å². The molecule has 9 amide bonds. The molecule has 2 aliphatic heterocycles. The normalized spacial score (nSPS) is 18.4. The van der Waals surface area contributed by atoms with E-state index in [9.17, 15) is 58.2 Å². The van der Waals surface area contributed by atoms with Gasteiger partial charge in [0.05, 0.1) is 19.6 Å². The molecule has 3 aromatic carbocycles. The second-order valence-electron chi connectivity index (χ2n) is 24.4. The van der Waals surface area contributed by atoms with Gasteiger partial charge >= 0.3 is 5.97 Å². The van der Waals surface area contributed by atoms with Crippen LogP contribution < -0.4 is 58.7 Å². The van der Waals surface area contributed by atoms with Crippen molar-refractivity contribution in [3.8, 4) is 11.5 Å². The Balaban J connectivity index is 1.23. The van der Waals surface area contributed by atoms with Crippen molar-refractivity contribution in [2.75, 3.05) is 58.6 Å². The number of nitrogens with two attached hydrogens (primary N) is 2. The number of aldehydes is 1. The van der Waals surface area contributed by atoms with Crippen molar-refractivity contribution in [3.63, 3.8) is 0 Å². The summed E-state index contributed by atoms with van der Waals surface area (Å²) in [7, 11) is 1.34. The Labute approximate surface area is 588 Å². The number of phenolic OH excluding ortho intramolecular Hbond substituents is 1. The van der Waals surface area contributed by atoms with Gasteiger partial charge in [-0.2, -0.15) is 23.5 Å². The molecule has 1 saturated heterocycles. The van der Waals surface area contributed by atoms with Crippen LogP contribution in [0.3, 0.4) is 0 Å². The van der Waals surface area contributed by atoms with Crippen LogP contribution in [0.25, 0.3) is 10.9 Å². The number of guanidine groups is 1. The van der Waals surface area contributed by atoms with Crippen LogP contribution in [0.15, 0.2) is 83.1 Å². The second kappa shape index (κ2) is 41.9. The number of carboxylic acids is 1. The number of aromatic hydroxyl groups is 1. The number of benzene rings is 3. The summed E-state index contributed by atoms with van der Waals surface area (Å²) < 4.78 is 11.5. The highest BCUT2D eigenvalue weighted by atomic mass is 32.2. The first-order chi connectivity index (χ1) is 48.1. The average molecular weight is 1430 g/mol. The number of aromatic nitrogens is 1. The number of carbonyl (C=O) groups is 11. The third kappa shape index (κ3) is 26.0. The van der Waals surface area contributed by atoms with E-state index in [0.29, 0.717) is 65.0 Å². The van der Waals surface area contributed by atoms with Crippen LogP contribution in [0.5, 0.6) is 11.5 Å². The van der Waals surface area contributed by atoms with E-state index in [4.69, 9.17) is 25.8 Å². The number of thioether (sulfide) groups is 2. The van der Waals surface area contributed by atoms with Gasteiger partial charge in [0.1, 0.15) is 78.9 Å².